The molecule has 320 valence electrons. The zero-order valence-corrected chi connectivity index (χ0v) is 35.8. The van der Waals surface area contributed by atoms with Crippen LogP contribution in [0.2, 0.25) is 0 Å². The number of amides is 2. The van der Waals surface area contributed by atoms with Crippen LogP contribution in [0.4, 0.5) is 15.3 Å². The Morgan fingerprint density at radius 3 is 2.02 bits per heavy atom. The summed E-state index contributed by atoms with van der Waals surface area (Å²) in [6, 6.07) is 27.9. The molecule has 0 saturated carbocycles. The van der Waals surface area contributed by atoms with Gasteiger partial charge in [0.15, 0.2) is 22.9 Å². The topological polar surface area (TPSA) is 144 Å². The molecule has 62 heavy (non-hydrogen) atoms. The Morgan fingerprint density at radius 2 is 1.39 bits per heavy atom. The first kappa shape index (κ1) is 41.1. The van der Waals surface area contributed by atoms with Gasteiger partial charge in [-0.2, -0.15) is 0 Å². The van der Waals surface area contributed by atoms with Crippen molar-refractivity contribution in [2.45, 2.75) is 82.5 Å². The normalized spacial score (nSPS) is 22.0. The van der Waals surface area contributed by atoms with Crippen molar-refractivity contribution in [3.05, 3.63) is 113 Å². The van der Waals surface area contributed by atoms with E-state index in [-0.39, 0.29) is 56.4 Å². The fourth-order valence-corrected chi connectivity index (χ4v) is 9.66. The Kier molecular flexibility index (Phi) is 9.90. The Balaban J connectivity index is 1.28. The van der Waals surface area contributed by atoms with Gasteiger partial charge in [0.05, 0.1) is 49.2 Å². The summed E-state index contributed by atoms with van der Waals surface area (Å²) in [4.78, 5) is 61.7. The summed E-state index contributed by atoms with van der Waals surface area (Å²) in [5.74, 6) is -0.0725. The molecule has 1 spiro atoms. The van der Waals surface area contributed by atoms with Crippen LogP contribution in [0.25, 0.3) is 10.9 Å². The number of piperidine rings is 1. The standard InChI is InChI=1S/C47H48BN3O11/c1-44(2)45(3,4)62-48(61-44)35-26-31-25-33(39(56-5)40(57-6)37(31)50(35)43(55)58-7)46-23-24-49(42(54)60-28-30-17-12-9-13-18-30)47(41(46)53)22-21-36(52)51(47)38-32(46)19-14-20-34(38)59-27-29-15-10-8-11-16-29/h8-20,25-26H,21-24,27-28H2,1-7H3/t46-,47+/m1/s1. The number of ether oxygens (including phenoxy) is 5. The minimum Gasteiger partial charge on any atom is -0.492 e. The summed E-state index contributed by atoms with van der Waals surface area (Å²) in [5.41, 5.74) is -1.25. The van der Waals surface area contributed by atoms with Gasteiger partial charge in [0.1, 0.15) is 24.5 Å². The highest BCUT2D eigenvalue weighted by Gasteiger charge is 2.71. The van der Waals surface area contributed by atoms with Gasteiger partial charge in [-0.15, -0.1) is 0 Å². The number of benzene rings is 4. The zero-order valence-electron chi connectivity index (χ0n) is 35.8. The predicted molar refractivity (Wildman–Crippen MR) is 229 cm³/mol. The van der Waals surface area contributed by atoms with Crippen molar-refractivity contribution in [2.75, 3.05) is 32.8 Å². The van der Waals surface area contributed by atoms with Crippen LogP contribution in [0.1, 0.15) is 69.2 Å². The highest BCUT2D eigenvalue weighted by Crippen LogP contribution is 2.62. The lowest BCUT2D eigenvalue weighted by molar-refractivity contribution is -0.141. The van der Waals surface area contributed by atoms with Gasteiger partial charge in [-0.25, -0.2) is 14.2 Å². The number of fused-ring (bicyclic) bond motifs is 5. The van der Waals surface area contributed by atoms with Gasteiger partial charge in [0.2, 0.25) is 5.91 Å². The van der Waals surface area contributed by atoms with Crippen LogP contribution in [0.3, 0.4) is 0 Å². The van der Waals surface area contributed by atoms with Crippen LogP contribution in [0.5, 0.6) is 17.2 Å². The smallest absolute Gasteiger partial charge is 0.492 e. The predicted octanol–water partition coefficient (Wildman–Crippen LogP) is 6.89. The first-order chi connectivity index (χ1) is 29.7. The van der Waals surface area contributed by atoms with Gasteiger partial charge in [-0.3, -0.25) is 19.4 Å². The second kappa shape index (κ2) is 14.9. The number of para-hydroxylation sites is 1. The van der Waals surface area contributed by atoms with Crippen LogP contribution >= 0.6 is 0 Å². The lowest BCUT2D eigenvalue weighted by Gasteiger charge is -2.58. The van der Waals surface area contributed by atoms with Crippen molar-refractivity contribution in [1.29, 1.82) is 0 Å². The number of hydrogen-bond donors (Lipinski definition) is 0. The molecule has 1 aromatic heterocycles. The molecule has 15 heteroatoms. The number of hydrogen-bond acceptors (Lipinski definition) is 11. The number of anilines is 1. The number of Topliss-reactive ketones (excluding diaryl/α,β-unsaturated/α-hetero) is 1. The molecule has 0 radical (unpaired) electrons. The van der Waals surface area contributed by atoms with E-state index < -0.39 is 47.4 Å². The number of methoxy groups -OCH3 is 3. The van der Waals surface area contributed by atoms with E-state index in [2.05, 4.69) is 0 Å². The molecule has 0 aliphatic carbocycles. The molecular weight excluding hydrogens is 793 g/mol. The molecule has 4 aromatic carbocycles. The molecule has 4 aliphatic heterocycles. The van der Waals surface area contributed by atoms with Gasteiger partial charge in [0.25, 0.3) is 0 Å². The summed E-state index contributed by atoms with van der Waals surface area (Å²) < 4.78 is 44.5. The van der Waals surface area contributed by atoms with Crippen molar-refractivity contribution in [2.24, 2.45) is 0 Å². The fraction of sp³-hybridized carbons (Fsp3) is 0.362. The molecule has 3 saturated heterocycles. The molecule has 2 atom stereocenters. The van der Waals surface area contributed by atoms with Crippen molar-refractivity contribution in [1.82, 2.24) is 9.47 Å². The Labute approximate surface area is 359 Å². The number of ketones is 1. The summed E-state index contributed by atoms with van der Waals surface area (Å²) in [7, 11) is 3.21. The van der Waals surface area contributed by atoms with Crippen LogP contribution < -0.4 is 24.7 Å². The summed E-state index contributed by atoms with van der Waals surface area (Å²) in [5, 5.41) is 0.497. The van der Waals surface area contributed by atoms with Crippen LogP contribution in [-0.2, 0) is 47.0 Å². The van der Waals surface area contributed by atoms with Gasteiger partial charge in [-0.1, -0.05) is 72.8 Å². The summed E-state index contributed by atoms with van der Waals surface area (Å²) >= 11 is 0. The van der Waals surface area contributed by atoms with E-state index in [1.165, 1.54) is 35.7 Å². The first-order valence-electron chi connectivity index (χ1n) is 20.7. The van der Waals surface area contributed by atoms with E-state index in [9.17, 15) is 14.4 Å². The highest BCUT2D eigenvalue weighted by atomic mass is 16.7. The monoisotopic (exact) mass is 841 g/mol. The average Bonchev–Trinajstić information content (AvgIpc) is 3.89. The van der Waals surface area contributed by atoms with Gasteiger partial charge in [0, 0.05) is 30.3 Å². The molecule has 5 heterocycles. The van der Waals surface area contributed by atoms with E-state index >= 15 is 4.79 Å². The quantitative estimate of drug-likeness (QED) is 0.143. The Hall–Kier alpha value is -6.32. The minimum atomic E-state index is -1.80. The lowest BCUT2D eigenvalue weighted by atomic mass is 9.59. The van der Waals surface area contributed by atoms with E-state index in [0.717, 1.165) is 11.1 Å². The molecule has 2 amide bonds. The number of nitrogens with zero attached hydrogens (tertiary/aromatic N) is 3. The summed E-state index contributed by atoms with van der Waals surface area (Å²) in [6.07, 6.45) is -1.40. The Morgan fingerprint density at radius 1 is 0.742 bits per heavy atom. The fourth-order valence-electron chi connectivity index (χ4n) is 9.66. The third kappa shape index (κ3) is 5.92. The molecule has 2 bridgehead atoms. The van der Waals surface area contributed by atoms with E-state index in [1.54, 1.807) is 18.2 Å². The second-order valence-electron chi connectivity index (χ2n) is 17.0. The van der Waals surface area contributed by atoms with Crippen molar-refractivity contribution >= 4 is 53.2 Å². The molecule has 9 rings (SSSR count). The average molecular weight is 842 g/mol. The number of likely N-dealkylation sites (tertiary alicyclic amines) is 1. The van der Waals surface area contributed by atoms with Crippen LogP contribution in [0, 0.1) is 0 Å². The van der Waals surface area contributed by atoms with Crippen molar-refractivity contribution in [3.63, 3.8) is 0 Å². The third-order valence-electron chi connectivity index (χ3n) is 13.3. The number of rotatable bonds is 9. The number of carbonyl (C=O) groups excluding carboxylic acids is 4. The number of aromatic nitrogens is 1. The molecule has 0 N–H and O–H groups in total. The van der Waals surface area contributed by atoms with Gasteiger partial charge >= 0.3 is 19.3 Å². The van der Waals surface area contributed by atoms with E-state index in [0.29, 0.717) is 39.1 Å². The Bertz CT molecular complexity index is 2610. The maximum atomic E-state index is 16.2. The van der Waals surface area contributed by atoms with E-state index in [4.69, 9.17) is 33.0 Å². The lowest BCUT2D eigenvalue weighted by Crippen LogP contribution is -2.75. The SMILES string of the molecule is COC(=O)n1c(B2OC(C)(C)C(C)(C)O2)cc2cc([C@@]34CCN(C(=O)OCc5ccccc5)[C@]5(CCC(=O)N5c5c(OCc6ccccc6)cccc53)C4=O)c(OC)c(OC)c21. The first-order valence-corrected chi connectivity index (χ1v) is 20.7. The molecule has 5 aromatic rings. The van der Waals surface area contributed by atoms with Crippen molar-refractivity contribution < 1.29 is 52.2 Å². The van der Waals surface area contributed by atoms with Crippen LogP contribution in [0.15, 0.2) is 91.0 Å². The second-order valence-corrected chi connectivity index (χ2v) is 17.0. The molecule has 4 aliphatic rings. The largest absolute Gasteiger partial charge is 0.513 e. The molecule has 3 fully saturated rings. The van der Waals surface area contributed by atoms with E-state index in [1.807, 2.05) is 100 Å². The number of carbonyl (C=O) groups is 4. The van der Waals surface area contributed by atoms with Crippen LogP contribution in [-0.4, -0.2) is 85.2 Å². The molecular formula is C47H48BN3O11. The maximum absolute atomic E-state index is 16.2. The third-order valence-corrected chi connectivity index (χ3v) is 13.3. The summed E-state index contributed by atoms with van der Waals surface area (Å²) in [6.45, 7) is 7.83. The minimum absolute atomic E-state index is 0.00576. The molecule has 0 unspecified atom stereocenters. The maximum Gasteiger partial charge on any atom is 0.513 e. The van der Waals surface area contributed by atoms with Gasteiger partial charge in [-0.05, 0) is 69.0 Å². The highest BCUT2D eigenvalue weighted by molar-refractivity contribution is 6.62. The zero-order chi connectivity index (χ0) is 43.8. The molecule has 14 nitrogen and oxygen atoms in total. The van der Waals surface area contributed by atoms with Gasteiger partial charge < -0.3 is 33.0 Å². The van der Waals surface area contributed by atoms with Crippen molar-refractivity contribution in [3.8, 4) is 17.2 Å².